The van der Waals surface area contributed by atoms with E-state index >= 15 is 0 Å². The molecule has 7 nitrogen and oxygen atoms in total. The monoisotopic (exact) mass is 275 g/mol. The second-order valence-corrected chi connectivity index (χ2v) is 5.23. The maximum Gasteiger partial charge on any atom is 0.265 e. The number of aromatic nitrogens is 2. The number of anilines is 2. The van der Waals surface area contributed by atoms with Gasteiger partial charge in [0, 0.05) is 6.20 Å². The Morgan fingerprint density at radius 3 is 2.68 bits per heavy atom. The zero-order valence-corrected chi connectivity index (χ0v) is 10.4. The first-order chi connectivity index (χ1) is 9.03. The molecule has 0 spiro atoms. The van der Waals surface area contributed by atoms with E-state index in [-0.39, 0.29) is 22.0 Å². The van der Waals surface area contributed by atoms with Crippen molar-refractivity contribution in [1.29, 1.82) is 5.26 Å². The van der Waals surface area contributed by atoms with E-state index in [1.807, 2.05) is 6.07 Å². The number of nitriles is 1. The summed E-state index contributed by atoms with van der Waals surface area (Å²) in [5.74, 6) is 0.0891. The Hall–Kier alpha value is -2.66. The molecule has 8 heteroatoms. The molecule has 0 fully saturated rings. The van der Waals surface area contributed by atoms with Crippen molar-refractivity contribution >= 4 is 21.5 Å². The third-order valence-electron chi connectivity index (χ3n) is 2.24. The summed E-state index contributed by atoms with van der Waals surface area (Å²) in [5.41, 5.74) is 5.91. The molecule has 0 aliphatic heterocycles. The number of nitrogens with one attached hydrogen (secondary N) is 1. The van der Waals surface area contributed by atoms with E-state index in [9.17, 15) is 8.42 Å². The zero-order chi connectivity index (χ0) is 13.9. The van der Waals surface area contributed by atoms with Gasteiger partial charge >= 0.3 is 0 Å². The second-order valence-electron chi connectivity index (χ2n) is 3.58. The molecule has 3 N–H and O–H groups in total. The Kier molecular flexibility index (Phi) is 3.31. The first-order valence-electron chi connectivity index (χ1n) is 5.13. The number of nitrogen functional groups attached to an aromatic ring is 1. The van der Waals surface area contributed by atoms with Crippen molar-refractivity contribution in [3.63, 3.8) is 0 Å². The van der Waals surface area contributed by atoms with Crippen LogP contribution in [0.25, 0.3) is 0 Å². The standard InChI is InChI=1S/C11H9N5O2S/c12-7-8-3-4-10(9(13)6-8)19(17,18)16-11-2-1-5-14-15-11/h1-6H,13H2,(H,15,16). The summed E-state index contributed by atoms with van der Waals surface area (Å²) in [7, 11) is -3.86. The summed E-state index contributed by atoms with van der Waals surface area (Å²) in [5, 5.41) is 15.9. The van der Waals surface area contributed by atoms with Crippen molar-refractivity contribution in [2.45, 2.75) is 4.90 Å². The fourth-order valence-corrected chi connectivity index (χ4v) is 2.52. The smallest absolute Gasteiger partial charge is 0.265 e. The summed E-state index contributed by atoms with van der Waals surface area (Å²) >= 11 is 0. The number of sulfonamides is 1. The second kappa shape index (κ2) is 4.91. The van der Waals surface area contributed by atoms with Gasteiger partial charge in [-0.1, -0.05) is 0 Å². The van der Waals surface area contributed by atoms with Crippen molar-refractivity contribution in [2.75, 3.05) is 10.5 Å². The highest BCUT2D eigenvalue weighted by Crippen LogP contribution is 2.21. The van der Waals surface area contributed by atoms with Gasteiger partial charge in [0.15, 0.2) is 5.82 Å². The Morgan fingerprint density at radius 2 is 2.11 bits per heavy atom. The van der Waals surface area contributed by atoms with Crippen LogP contribution in [0.2, 0.25) is 0 Å². The quantitative estimate of drug-likeness (QED) is 0.796. The average Bonchev–Trinajstić information content (AvgIpc) is 2.38. The minimum atomic E-state index is -3.86. The Morgan fingerprint density at radius 1 is 1.32 bits per heavy atom. The van der Waals surface area contributed by atoms with Crippen molar-refractivity contribution in [2.24, 2.45) is 0 Å². The van der Waals surface area contributed by atoms with E-state index in [4.69, 9.17) is 11.0 Å². The minimum absolute atomic E-state index is 0.00422. The average molecular weight is 275 g/mol. The van der Waals surface area contributed by atoms with Crippen molar-refractivity contribution in [1.82, 2.24) is 10.2 Å². The van der Waals surface area contributed by atoms with E-state index in [1.165, 1.54) is 30.5 Å². The first kappa shape index (κ1) is 12.8. The number of nitrogens with two attached hydrogens (primary N) is 1. The van der Waals surface area contributed by atoms with Crippen LogP contribution in [-0.2, 0) is 10.0 Å². The normalized spacial score (nSPS) is 10.7. The highest BCUT2D eigenvalue weighted by Gasteiger charge is 2.18. The zero-order valence-electron chi connectivity index (χ0n) is 9.61. The highest BCUT2D eigenvalue weighted by molar-refractivity contribution is 7.92. The number of benzene rings is 1. The van der Waals surface area contributed by atoms with Crippen LogP contribution in [0.15, 0.2) is 41.4 Å². The van der Waals surface area contributed by atoms with Crippen LogP contribution in [0.5, 0.6) is 0 Å². The lowest BCUT2D eigenvalue weighted by molar-refractivity contribution is 0.601. The molecule has 2 aromatic rings. The molecule has 0 radical (unpaired) electrons. The lowest BCUT2D eigenvalue weighted by Crippen LogP contribution is -2.15. The molecule has 0 saturated carbocycles. The summed E-state index contributed by atoms with van der Waals surface area (Å²) in [6.07, 6.45) is 1.42. The van der Waals surface area contributed by atoms with Crippen LogP contribution in [0.3, 0.4) is 0 Å². The number of hydrogen-bond donors (Lipinski definition) is 2. The molecule has 0 bridgehead atoms. The third-order valence-corrected chi connectivity index (χ3v) is 3.67. The molecule has 19 heavy (non-hydrogen) atoms. The van der Waals surface area contributed by atoms with E-state index in [0.717, 1.165) is 0 Å². The lowest BCUT2D eigenvalue weighted by atomic mass is 10.2. The van der Waals surface area contributed by atoms with Crippen LogP contribution < -0.4 is 10.5 Å². The molecule has 1 aromatic heterocycles. The summed E-state index contributed by atoms with van der Waals surface area (Å²) in [6, 6.07) is 8.83. The predicted octanol–water partition coefficient (Wildman–Crippen LogP) is 0.731. The molecule has 0 saturated heterocycles. The summed E-state index contributed by atoms with van der Waals surface area (Å²) in [4.78, 5) is -0.114. The molecule has 2 rings (SSSR count). The molecule has 0 aliphatic carbocycles. The maximum absolute atomic E-state index is 12.1. The van der Waals surface area contributed by atoms with Crippen LogP contribution in [0.1, 0.15) is 5.56 Å². The summed E-state index contributed by atoms with van der Waals surface area (Å²) in [6.45, 7) is 0. The Labute approximate surface area is 109 Å². The molecular weight excluding hydrogens is 266 g/mol. The van der Waals surface area contributed by atoms with Gasteiger partial charge in [-0.15, -0.1) is 5.10 Å². The highest BCUT2D eigenvalue weighted by atomic mass is 32.2. The van der Waals surface area contributed by atoms with Gasteiger partial charge in [0.05, 0.1) is 17.3 Å². The maximum atomic E-state index is 12.1. The van der Waals surface area contributed by atoms with Gasteiger partial charge in [-0.05, 0) is 30.3 Å². The van der Waals surface area contributed by atoms with E-state index in [1.54, 1.807) is 6.07 Å². The van der Waals surface area contributed by atoms with Gasteiger partial charge in [-0.3, -0.25) is 4.72 Å². The number of rotatable bonds is 3. The molecule has 96 valence electrons. The molecule has 0 aliphatic rings. The van der Waals surface area contributed by atoms with Crippen LogP contribution in [0.4, 0.5) is 11.5 Å². The molecule has 1 heterocycles. The van der Waals surface area contributed by atoms with Gasteiger partial charge in [0.25, 0.3) is 10.0 Å². The summed E-state index contributed by atoms with van der Waals surface area (Å²) < 4.78 is 26.4. The van der Waals surface area contributed by atoms with Crippen molar-refractivity contribution in [3.8, 4) is 6.07 Å². The van der Waals surface area contributed by atoms with Gasteiger partial charge in [-0.2, -0.15) is 10.4 Å². The van der Waals surface area contributed by atoms with Crippen LogP contribution in [-0.4, -0.2) is 18.6 Å². The topological polar surface area (TPSA) is 122 Å². The van der Waals surface area contributed by atoms with Crippen molar-refractivity contribution in [3.05, 3.63) is 42.1 Å². The van der Waals surface area contributed by atoms with E-state index in [0.29, 0.717) is 0 Å². The Bertz CT molecular complexity index is 737. The van der Waals surface area contributed by atoms with Crippen molar-refractivity contribution < 1.29 is 8.42 Å². The number of nitrogens with zero attached hydrogens (tertiary/aromatic N) is 3. The van der Waals surface area contributed by atoms with E-state index < -0.39 is 10.0 Å². The largest absolute Gasteiger partial charge is 0.398 e. The molecule has 0 amide bonds. The molecule has 0 atom stereocenters. The SMILES string of the molecule is N#Cc1ccc(S(=O)(=O)Nc2cccnn2)c(N)c1. The van der Waals surface area contributed by atoms with Gasteiger partial charge in [0.2, 0.25) is 0 Å². The first-order valence-corrected chi connectivity index (χ1v) is 6.61. The van der Waals surface area contributed by atoms with Crippen LogP contribution in [0, 0.1) is 11.3 Å². The molecule has 1 aromatic carbocycles. The van der Waals surface area contributed by atoms with Gasteiger partial charge in [-0.25, -0.2) is 8.42 Å². The lowest BCUT2D eigenvalue weighted by Gasteiger charge is -2.08. The van der Waals surface area contributed by atoms with Crippen LogP contribution >= 0.6 is 0 Å². The fraction of sp³-hybridized carbons (Fsp3) is 0. The van der Waals surface area contributed by atoms with E-state index in [2.05, 4.69) is 14.9 Å². The van der Waals surface area contributed by atoms with Gasteiger partial charge in [0.1, 0.15) is 4.90 Å². The predicted molar refractivity (Wildman–Crippen MR) is 68.4 cm³/mol. The number of hydrogen-bond acceptors (Lipinski definition) is 6. The van der Waals surface area contributed by atoms with Gasteiger partial charge < -0.3 is 5.73 Å². The minimum Gasteiger partial charge on any atom is -0.398 e. The Balaban J connectivity index is 2.38. The fourth-order valence-electron chi connectivity index (χ4n) is 1.41. The molecule has 0 unspecified atom stereocenters. The molecular formula is C11H9N5O2S. The third kappa shape index (κ3) is 2.78.